The Kier molecular flexibility index (Phi) is 7.12. The molecule has 0 aliphatic heterocycles. The Morgan fingerprint density at radius 2 is 1.75 bits per heavy atom. The summed E-state index contributed by atoms with van der Waals surface area (Å²) < 4.78 is 1.91. The molecule has 0 unspecified atom stereocenters. The molecule has 1 heterocycles. The van der Waals surface area contributed by atoms with Crippen LogP contribution in [0.3, 0.4) is 0 Å². The van der Waals surface area contributed by atoms with Crippen LogP contribution >= 0.6 is 58.2 Å². The molecule has 0 radical (unpaired) electrons. The summed E-state index contributed by atoms with van der Waals surface area (Å²) in [6.45, 7) is 2.61. The third kappa shape index (κ3) is 4.75. The maximum Gasteiger partial charge on any atom is 0.234 e. The van der Waals surface area contributed by atoms with E-state index in [1.165, 1.54) is 23.9 Å². The molecule has 3 rings (SSSR count). The molecule has 5 nitrogen and oxygen atoms in total. The van der Waals surface area contributed by atoms with Crippen LogP contribution in [0.1, 0.15) is 6.92 Å². The Morgan fingerprint density at radius 3 is 2.46 bits per heavy atom. The Hall–Kier alpha value is -1.44. The fraction of sp³-hybridized carbons (Fsp3) is 0.167. The van der Waals surface area contributed by atoms with E-state index in [0.29, 0.717) is 43.3 Å². The van der Waals surface area contributed by atoms with Crippen molar-refractivity contribution in [2.45, 2.75) is 18.6 Å². The maximum atomic E-state index is 12.3. The molecule has 0 aliphatic rings. The van der Waals surface area contributed by atoms with Crippen molar-refractivity contribution in [2.75, 3.05) is 11.1 Å². The zero-order valence-electron chi connectivity index (χ0n) is 14.5. The highest BCUT2D eigenvalue weighted by Crippen LogP contribution is 2.33. The fourth-order valence-electron chi connectivity index (χ4n) is 2.46. The standard InChI is InChI=1S/C18H14Cl4N4OS/c1-2-26-17(10-5-3-4-6-11(10)19)24-25-18(26)28-9-16(27)23-15-8-13(21)12(20)7-14(15)22/h3-8H,2,9H2,1H3,(H,23,27). The van der Waals surface area contributed by atoms with Crippen LogP contribution < -0.4 is 5.32 Å². The second-order valence-corrected chi connectivity index (χ2v) is 8.18. The Morgan fingerprint density at radius 1 is 1.04 bits per heavy atom. The number of hydrogen-bond acceptors (Lipinski definition) is 4. The second kappa shape index (κ2) is 9.37. The van der Waals surface area contributed by atoms with E-state index < -0.39 is 0 Å². The molecule has 0 saturated heterocycles. The summed E-state index contributed by atoms with van der Waals surface area (Å²) >= 11 is 25.5. The number of benzene rings is 2. The summed E-state index contributed by atoms with van der Waals surface area (Å²) in [4.78, 5) is 12.3. The molecular weight excluding hydrogens is 462 g/mol. The number of anilines is 1. The van der Waals surface area contributed by atoms with Crippen molar-refractivity contribution in [1.82, 2.24) is 14.8 Å². The average Bonchev–Trinajstić information content (AvgIpc) is 3.07. The average molecular weight is 476 g/mol. The molecule has 146 valence electrons. The van der Waals surface area contributed by atoms with Gasteiger partial charge < -0.3 is 9.88 Å². The van der Waals surface area contributed by atoms with Gasteiger partial charge in [-0.3, -0.25) is 4.79 Å². The monoisotopic (exact) mass is 474 g/mol. The smallest absolute Gasteiger partial charge is 0.234 e. The van der Waals surface area contributed by atoms with E-state index in [1.807, 2.05) is 29.7 Å². The minimum absolute atomic E-state index is 0.122. The van der Waals surface area contributed by atoms with Gasteiger partial charge in [-0.1, -0.05) is 70.3 Å². The lowest BCUT2D eigenvalue weighted by atomic mass is 10.2. The highest BCUT2D eigenvalue weighted by atomic mass is 35.5. The third-order valence-electron chi connectivity index (χ3n) is 3.76. The van der Waals surface area contributed by atoms with Gasteiger partial charge in [0.1, 0.15) is 0 Å². The second-order valence-electron chi connectivity index (χ2n) is 5.61. The Labute approximate surface area is 186 Å². The molecule has 1 aromatic heterocycles. The summed E-state index contributed by atoms with van der Waals surface area (Å²) in [6.07, 6.45) is 0. The quantitative estimate of drug-likeness (QED) is 0.335. The maximum absolute atomic E-state index is 12.3. The molecule has 1 amide bonds. The van der Waals surface area contributed by atoms with E-state index in [2.05, 4.69) is 15.5 Å². The molecule has 0 aliphatic carbocycles. The van der Waals surface area contributed by atoms with Crippen LogP contribution in [0.5, 0.6) is 0 Å². The summed E-state index contributed by atoms with van der Waals surface area (Å²) in [5.74, 6) is 0.524. The lowest BCUT2D eigenvalue weighted by Crippen LogP contribution is -2.15. The van der Waals surface area contributed by atoms with Gasteiger partial charge in [-0.2, -0.15) is 0 Å². The normalized spacial score (nSPS) is 10.9. The number of thioether (sulfide) groups is 1. The summed E-state index contributed by atoms with van der Waals surface area (Å²) in [6, 6.07) is 10.4. The van der Waals surface area contributed by atoms with Crippen LogP contribution in [0.25, 0.3) is 11.4 Å². The van der Waals surface area contributed by atoms with E-state index in [0.717, 1.165) is 5.56 Å². The summed E-state index contributed by atoms with van der Waals surface area (Å²) in [7, 11) is 0. The van der Waals surface area contributed by atoms with Gasteiger partial charge in [-0.25, -0.2) is 0 Å². The van der Waals surface area contributed by atoms with E-state index >= 15 is 0 Å². The number of nitrogens with one attached hydrogen (secondary N) is 1. The number of carbonyl (C=O) groups is 1. The number of halogens is 4. The molecule has 0 atom stereocenters. The van der Waals surface area contributed by atoms with Gasteiger partial charge in [0, 0.05) is 12.1 Å². The lowest BCUT2D eigenvalue weighted by Gasteiger charge is -2.10. The highest BCUT2D eigenvalue weighted by molar-refractivity contribution is 7.99. The molecule has 2 aromatic carbocycles. The Bertz CT molecular complexity index is 1020. The van der Waals surface area contributed by atoms with Gasteiger partial charge in [0.15, 0.2) is 11.0 Å². The van der Waals surface area contributed by atoms with Gasteiger partial charge in [0.2, 0.25) is 5.91 Å². The highest BCUT2D eigenvalue weighted by Gasteiger charge is 2.17. The van der Waals surface area contributed by atoms with Crippen LogP contribution in [0.15, 0.2) is 41.6 Å². The molecule has 0 fully saturated rings. The first-order valence-electron chi connectivity index (χ1n) is 8.16. The molecular formula is C18H14Cl4N4OS. The third-order valence-corrected chi connectivity index (χ3v) is 6.10. The zero-order chi connectivity index (χ0) is 20.3. The zero-order valence-corrected chi connectivity index (χ0v) is 18.4. The fourth-order valence-corrected chi connectivity index (χ4v) is 4.07. The minimum Gasteiger partial charge on any atom is -0.324 e. The van der Waals surface area contributed by atoms with Crippen LogP contribution in [0.2, 0.25) is 20.1 Å². The number of amides is 1. The summed E-state index contributed by atoms with van der Waals surface area (Å²) in [5, 5.41) is 13.3. The van der Waals surface area contributed by atoms with E-state index in [4.69, 9.17) is 46.4 Å². The molecule has 0 bridgehead atoms. The first-order chi connectivity index (χ1) is 13.4. The topological polar surface area (TPSA) is 59.8 Å². The molecule has 10 heteroatoms. The number of carbonyl (C=O) groups excluding carboxylic acids is 1. The van der Waals surface area contributed by atoms with Gasteiger partial charge >= 0.3 is 0 Å². The van der Waals surface area contributed by atoms with E-state index in [-0.39, 0.29) is 11.7 Å². The molecule has 1 N–H and O–H groups in total. The van der Waals surface area contributed by atoms with Crippen molar-refractivity contribution in [1.29, 1.82) is 0 Å². The number of aromatic nitrogens is 3. The van der Waals surface area contributed by atoms with Crippen molar-refractivity contribution in [3.05, 3.63) is 56.5 Å². The summed E-state index contributed by atoms with van der Waals surface area (Å²) in [5.41, 5.74) is 1.19. The van der Waals surface area contributed by atoms with Crippen molar-refractivity contribution in [3.8, 4) is 11.4 Å². The largest absolute Gasteiger partial charge is 0.324 e. The van der Waals surface area contributed by atoms with Crippen molar-refractivity contribution in [3.63, 3.8) is 0 Å². The van der Waals surface area contributed by atoms with E-state index in [9.17, 15) is 4.79 Å². The van der Waals surface area contributed by atoms with Gasteiger partial charge in [-0.05, 0) is 31.2 Å². The lowest BCUT2D eigenvalue weighted by molar-refractivity contribution is -0.113. The molecule has 28 heavy (non-hydrogen) atoms. The molecule has 3 aromatic rings. The number of rotatable bonds is 6. The first-order valence-corrected chi connectivity index (χ1v) is 10.7. The van der Waals surface area contributed by atoms with Crippen LogP contribution in [0, 0.1) is 0 Å². The first kappa shape index (κ1) is 21.3. The van der Waals surface area contributed by atoms with Gasteiger partial charge in [0.25, 0.3) is 0 Å². The SMILES string of the molecule is CCn1c(SCC(=O)Nc2cc(Cl)c(Cl)cc2Cl)nnc1-c1ccccc1Cl. The predicted molar refractivity (Wildman–Crippen MR) is 117 cm³/mol. The molecule has 0 spiro atoms. The van der Waals surface area contributed by atoms with Crippen LogP contribution in [-0.2, 0) is 11.3 Å². The minimum atomic E-state index is -0.254. The van der Waals surface area contributed by atoms with Crippen molar-refractivity contribution < 1.29 is 4.79 Å². The predicted octanol–water partition coefficient (Wildman–Crippen LogP) is 6.31. The van der Waals surface area contributed by atoms with Crippen LogP contribution in [-0.4, -0.2) is 26.4 Å². The van der Waals surface area contributed by atoms with Crippen molar-refractivity contribution in [2.24, 2.45) is 0 Å². The van der Waals surface area contributed by atoms with Gasteiger partial charge in [-0.15, -0.1) is 10.2 Å². The Balaban J connectivity index is 1.72. The number of hydrogen-bond donors (Lipinski definition) is 1. The van der Waals surface area contributed by atoms with Gasteiger partial charge in [0.05, 0.1) is 31.5 Å². The van der Waals surface area contributed by atoms with Crippen LogP contribution in [0.4, 0.5) is 5.69 Å². The van der Waals surface area contributed by atoms with Crippen molar-refractivity contribution >= 4 is 69.8 Å². The van der Waals surface area contributed by atoms with E-state index in [1.54, 1.807) is 6.07 Å². The number of nitrogens with zero attached hydrogens (tertiary/aromatic N) is 3. The molecule has 0 saturated carbocycles.